The highest BCUT2D eigenvalue weighted by Gasteiger charge is 2.29. The Morgan fingerprint density at radius 1 is 1.38 bits per heavy atom. The summed E-state index contributed by atoms with van der Waals surface area (Å²) < 4.78 is 5.82. The Kier molecular flexibility index (Phi) is 5.05. The lowest BCUT2D eigenvalue weighted by Gasteiger charge is -2.19. The highest BCUT2D eigenvalue weighted by Crippen LogP contribution is 2.33. The van der Waals surface area contributed by atoms with Crippen molar-refractivity contribution in [3.05, 3.63) is 35.9 Å². The second kappa shape index (κ2) is 7.39. The lowest BCUT2D eigenvalue weighted by molar-refractivity contribution is 0.0911. The number of nitrogens with zero attached hydrogens (tertiary/aromatic N) is 4. The first kappa shape index (κ1) is 16.4. The van der Waals surface area contributed by atoms with Crippen molar-refractivity contribution >= 4 is 12.0 Å². The van der Waals surface area contributed by atoms with Gasteiger partial charge in [0.15, 0.2) is 0 Å². The number of anilines is 1. The van der Waals surface area contributed by atoms with Crippen molar-refractivity contribution in [3.8, 4) is 0 Å². The molecule has 0 aliphatic carbocycles. The minimum absolute atomic E-state index is 0.0199. The van der Waals surface area contributed by atoms with Crippen LogP contribution < -0.4 is 10.6 Å². The molecule has 8 nitrogen and oxygen atoms in total. The van der Waals surface area contributed by atoms with Gasteiger partial charge in [0.25, 0.3) is 5.95 Å². The van der Waals surface area contributed by atoms with Crippen LogP contribution in [-0.4, -0.2) is 39.4 Å². The molecule has 128 valence electrons. The van der Waals surface area contributed by atoms with Gasteiger partial charge in [-0.3, -0.25) is 5.32 Å². The van der Waals surface area contributed by atoms with Gasteiger partial charge in [0.2, 0.25) is 0 Å². The largest absolute Gasteiger partial charge is 0.373 e. The second-order valence-electron chi connectivity index (χ2n) is 6.11. The molecule has 1 saturated heterocycles. The molecule has 2 N–H and O–H groups in total. The summed E-state index contributed by atoms with van der Waals surface area (Å²) in [6, 6.07) is 9.84. The maximum absolute atomic E-state index is 12.0. The van der Waals surface area contributed by atoms with Crippen LogP contribution in [0.5, 0.6) is 0 Å². The molecule has 2 heterocycles. The number of ether oxygens (including phenoxy) is 1. The summed E-state index contributed by atoms with van der Waals surface area (Å²) in [5.41, 5.74) is 1.14. The van der Waals surface area contributed by atoms with E-state index in [4.69, 9.17) is 4.74 Å². The molecule has 2 atom stereocenters. The Hall–Kier alpha value is -2.48. The predicted molar refractivity (Wildman–Crippen MR) is 88.5 cm³/mol. The van der Waals surface area contributed by atoms with Crippen LogP contribution in [0.3, 0.4) is 0 Å². The number of aromatic nitrogens is 4. The lowest BCUT2D eigenvalue weighted by atomic mass is 9.95. The Morgan fingerprint density at radius 2 is 2.17 bits per heavy atom. The van der Waals surface area contributed by atoms with E-state index < -0.39 is 0 Å². The molecular weight excluding hydrogens is 308 g/mol. The molecule has 1 aliphatic heterocycles. The molecular formula is C16H22N6O2. The van der Waals surface area contributed by atoms with Crippen LogP contribution in [0.15, 0.2) is 30.3 Å². The Balaban J connectivity index is 1.52. The third kappa shape index (κ3) is 3.88. The van der Waals surface area contributed by atoms with Crippen LogP contribution in [-0.2, 0) is 4.74 Å². The number of carbonyl (C=O) groups is 1. The molecule has 1 fully saturated rings. The van der Waals surface area contributed by atoms with E-state index in [9.17, 15) is 4.79 Å². The summed E-state index contributed by atoms with van der Waals surface area (Å²) in [6.07, 6.45) is 0.938. The molecule has 2 aromatic rings. The molecule has 1 aliphatic rings. The molecule has 24 heavy (non-hydrogen) atoms. The average molecular weight is 330 g/mol. The van der Waals surface area contributed by atoms with Crippen molar-refractivity contribution in [2.75, 3.05) is 18.5 Å². The summed E-state index contributed by atoms with van der Waals surface area (Å²) in [6.45, 7) is 5.12. The number of benzene rings is 1. The summed E-state index contributed by atoms with van der Waals surface area (Å²) in [7, 11) is 0. The molecule has 0 radical (unpaired) electrons. The van der Waals surface area contributed by atoms with Gasteiger partial charge >= 0.3 is 6.03 Å². The summed E-state index contributed by atoms with van der Waals surface area (Å²) >= 11 is 0. The van der Waals surface area contributed by atoms with Gasteiger partial charge in [0, 0.05) is 19.1 Å². The van der Waals surface area contributed by atoms with Gasteiger partial charge in [0.1, 0.15) is 0 Å². The fourth-order valence-corrected chi connectivity index (χ4v) is 2.72. The molecule has 8 heteroatoms. The van der Waals surface area contributed by atoms with E-state index in [2.05, 4.69) is 38.2 Å². The highest BCUT2D eigenvalue weighted by molar-refractivity contribution is 5.87. The highest BCUT2D eigenvalue weighted by atomic mass is 16.5. The lowest BCUT2D eigenvalue weighted by Crippen LogP contribution is -2.34. The van der Waals surface area contributed by atoms with Gasteiger partial charge in [-0.05, 0) is 31.0 Å². The van der Waals surface area contributed by atoms with Crippen LogP contribution in [0, 0.1) is 5.92 Å². The molecule has 0 unspecified atom stereocenters. The molecule has 1 aromatic heterocycles. The maximum atomic E-state index is 12.0. The molecule has 0 saturated carbocycles. The maximum Gasteiger partial charge on any atom is 0.321 e. The fraction of sp³-hybridized carbons (Fsp3) is 0.500. The third-order valence-corrected chi connectivity index (χ3v) is 3.98. The summed E-state index contributed by atoms with van der Waals surface area (Å²) in [5, 5.41) is 17.2. The van der Waals surface area contributed by atoms with E-state index in [0.29, 0.717) is 13.2 Å². The van der Waals surface area contributed by atoms with Crippen molar-refractivity contribution in [1.29, 1.82) is 0 Å². The number of carbonyl (C=O) groups excluding carboxylic acids is 1. The van der Waals surface area contributed by atoms with Gasteiger partial charge in [-0.2, -0.15) is 4.80 Å². The number of nitrogens with one attached hydrogen (secondary N) is 2. The molecule has 3 rings (SSSR count). The van der Waals surface area contributed by atoms with Crippen LogP contribution >= 0.6 is 0 Å². The van der Waals surface area contributed by atoms with Crippen LogP contribution in [0.25, 0.3) is 0 Å². The topological polar surface area (TPSA) is 94.0 Å². The third-order valence-electron chi connectivity index (χ3n) is 3.98. The van der Waals surface area contributed by atoms with E-state index in [1.165, 1.54) is 4.80 Å². The van der Waals surface area contributed by atoms with E-state index >= 15 is 0 Å². The van der Waals surface area contributed by atoms with Crippen LogP contribution in [0.1, 0.15) is 38.0 Å². The van der Waals surface area contributed by atoms with Crippen LogP contribution in [0.4, 0.5) is 10.7 Å². The molecule has 1 aromatic carbocycles. The average Bonchev–Trinajstić information content (AvgIpc) is 3.23. The van der Waals surface area contributed by atoms with E-state index in [1.807, 2.05) is 32.0 Å². The van der Waals surface area contributed by atoms with Gasteiger partial charge in [0.05, 0.1) is 12.1 Å². The van der Waals surface area contributed by atoms with E-state index in [1.54, 1.807) is 0 Å². The molecule has 0 spiro atoms. The minimum atomic E-state index is -0.336. The number of hydrogen-bond donors (Lipinski definition) is 2. The number of urea groups is 1. The van der Waals surface area contributed by atoms with Crippen molar-refractivity contribution in [2.24, 2.45) is 5.92 Å². The van der Waals surface area contributed by atoms with Gasteiger partial charge in [-0.1, -0.05) is 35.4 Å². The number of rotatable bonds is 5. The first-order valence-electron chi connectivity index (χ1n) is 8.14. The normalized spacial score (nSPS) is 20.3. The van der Waals surface area contributed by atoms with Crippen molar-refractivity contribution in [1.82, 2.24) is 25.5 Å². The Bertz CT molecular complexity index is 672. The van der Waals surface area contributed by atoms with E-state index in [0.717, 1.165) is 12.0 Å². The smallest absolute Gasteiger partial charge is 0.321 e. The Labute approximate surface area is 140 Å². The zero-order valence-electron chi connectivity index (χ0n) is 13.8. The van der Waals surface area contributed by atoms with Gasteiger partial charge in [-0.25, -0.2) is 4.79 Å². The first-order chi connectivity index (χ1) is 11.6. The Morgan fingerprint density at radius 3 is 2.88 bits per heavy atom. The minimum Gasteiger partial charge on any atom is -0.373 e. The first-order valence-corrected chi connectivity index (χ1v) is 8.14. The van der Waals surface area contributed by atoms with Crippen molar-refractivity contribution < 1.29 is 9.53 Å². The fourth-order valence-electron chi connectivity index (χ4n) is 2.72. The summed E-state index contributed by atoms with van der Waals surface area (Å²) in [5.74, 6) is 0.445. The number of hydrogen-bond acceptors (Lipinski definition) is 5. The van der Waals surface area contributed by atoms with Crippen LogP contribution in [0.2, 0.25) is 0 Å². The SMILES string of the molecule is CC(C)n1nnc(NC(=O)NC[C@@H]2CCO[C@H]2c2ccccc2)n1. The van der Waals surface area contributed by atoms with Crippen molar-refractivity contribution in [3.63, 3.8) is 0 Å². The quantitative estimate of drug-likeness (QED) is 0.876. The summed E-state index contributed by atoms with van der Waals surface area (Å²) in [4.78, 5) is 13.5. The standard InChI is InChI=1S/C16H22N6O2/c1-11(2)22-20-15(19-21-22)18-16(23)17-10-13-8-9-24-14(13)12-6-4-3-5-7-12/h3-7,11,13-14H,8-10H2,1-2H3,(H2,17,18,20,23)/t13-,14-/m0/s1. The van der Waals surface area contributed by atoms with Gasteiger partial charge in [-0.15, -0.1) is 5.10 Å². The zero-order chi connectivity index (χ0) is 16.9. The van der Waals surface area contributed by atoms with Gasteiger partial charge < -0.3 is 10.1 Å². The van der Waals surface area contributed by atoms with E-state index in [-0.39, 0.29) is 30.0 Å². The second-order valence-corrected chi connectivity index (χ2v) is 6.11. The predicted octanol–water partition coefficient (Wildman–Crippen LogP) is 2.15. The zero-order valence-corrected chi connectivity index (χ0v) is 13.8. The number of amides is 2. The van der Waals surface area contributed by atoms with Crippen molar-refractivity contribution in [2.45, 2.75) is 32.4 Å². The molecule has 0 bridgehead atoms. The number of tetrazole rings is 1. The monoisotopic (exact) mass is 330 g/mol. The molecule has 2 amide bonds.